The number of hydrogen-bond acceptors (Lipinski definition) is 4. The third-order valence-electron chi connectivity index (χ3n) is 4.20. The molecule has 0 heterocycles. The Morgan fingerprint density at radius 3 is 1.32 bits per heavy atom. The molecule has 4 rings (SSSR count). The van der Waals surface area contributed by atoms with E-state index in [0.29, 0.717) is 11.4 Å². The molecule has 0 radical (unpaired) electrons. The van der Waals surface area contributed by atoms with E-state index in [-0.39, 0.29) is 11.5 Å². The Morgan fingerprint density at radius 2 is 0.909 bits per heavy atom. The highest BCUT2D eigenvalue weighted by Gasteiger charge is 2.15. The Morgan fingerprint density at radius 1 is 0.545 bits per heavy atom. The standard InChI is InChI=1S/C18H14N2O2/c19-17-13(21)7-5-11-12-6-8-14(22)18(20)16(12)10-4-2-1-3-9(10)15(11)17/h1-8,21-22H,19-20H2. The molecule has 0 aliphatic heterocycles. The Hall–Kier alpha value is -3.14. The lowest BCUT2D eigenvalue weighted by atomic mass is 9.92. The third-order valence-corrected chi connectivity index (χ3v) is 4.20. The SMILES string of the molecule is Nc1c(O)ccc2c3ccc(O)c(N)c3c3ccccc3c12. The van der Waals surface area contributed by atoms with Crippen molar-refractivity contribution in [3.63, 3.8) is 0 Å². The number of phenolic OH excluding ortho intramolecular Hbond substituents is 2. The van der Waals surface area contributed by atoms with E-state index in [1.165, 1.54) is 0 Å². The summed E-state index contributed by atoms with van der Waals surface area (Å²) in [5, 5.41) is 25.1. The van der Waals surface area contributed by atoms with Crippen LogP contribution in [0.4, 0.5) is 11.4 Å². The smallest absolute Gasteiger partial charge is 0.139 e. The molecule has 0 aliphatic rings. The molecule has 4 nitrogen and oxygen atoms in total. The van der Waals surface area contributed by atoms with Gasteiger partial charge in [0.1, 0.15) is 11.5 Å². The van der Waals surface area contributed by atoms with E-state index >= 15 is 0 Å². The molecule has 4 aromatic rings. The second-order valence-electron chi connectivity index (χ2n) is 5.39. The van der Waals surface area contributed by atoms with E-state index in [1.54, 1.807) is 12.1 Å². The van der Waals surface area contributed by atoms with Crippen molar-refractivity contribution in [3.05, 3.63) is 48.5 Å². The fourth-order valence-electron chi connectivity index (χ4n) is 3.17. The number of phenols is 2. The van der Waals surface area contributed by atoms with E-state index < -0.39 is 0 Å². The van der Waals surface area contributed by atoms with Crippen LogP contribution >= 0.6 is 0 Å². The summed E-state index contributed by atoms with van der Waals surface area (Å²) in [4.78, 5) is 0. The number of nitrogens with two attached hydrogens (primary N) is 2. The van der Waals surface area contributed by atoms with Gasteiger partial charge >= 0.3 is 0 Å². The highest BCUT2D eigenvalue weighted by atomic mass is 16.3. The quantitative estimate of drug-likeness (QED) is 0.225. The summed E-state index contributed by atoms with van der Waals surface area (Å²) >= 11 is 0. The number of hydrogen-bond donors (Lipinski definition) is 4. The molecule has 0 bridgehead atoms. The van der Waals surface area contributed by atoms with Gasteiger partial charge in [0.05, 0.1) is 11.4 Å². The average molecular weight is 290 g/mol. The van der Waals surface area contributed by atoms with Crippen LogP contribution in [0.2, 0.25) is 0 Å². The number of nitrogen functional groups attached to an aromatic ring is 2. The summed E-state index contributed by atoms with van der Waals surface area (Å²) in [5.74, 6) is 0.118. The number of anilines is 2. The lowest BCUT2D eigenvalue weighted by Gasteiger charge is -2.14. The summed E-state index contributed by atoms with van der Waals surface area (Å²) in [6, 6.07) is 14.5. The van der Waals surface area contributed by atoms with Gasteiger partial charge in [0.2, 0.25) is 0 Å². The zero-order valence-corrected chi connectivity index (χ0v) is 11.7. The first-order chi connectivity index (χ1) is 10.6. The van der Waals surface area contributed by atoms with E-state index in [9.17, 15) is 10.2 Å². The molecule has 0 atom stereocenters. The fourth-order valence-corrected chi connectivity index (χ4v) is 3.17. The first kappa shape index (κ1) is 12.6. The topological polar surface area (TPSA) is 92.5 Å². The Balaban J connectivity index is 2.46. The molecule has 108 valence electrons. The van der Waals surface area contributed by atoms with Crippen LogP contribution in [0.3, 0.4) is 0 Å². The summed E-state index contributed by atoms with van der Waals surface area (Å²) < 4.78 is 0. The highest BCUT2D eigenvalue weighted by molar-refractivity contribution is 6.31. The van der Waals surface area contributed by atoms with Crippen LogP contribution in [0.15, 0.2) is 48.5 Å². The minimum atomic E-state index is 0.0590. The van der Waals surface area contributed by atoms with E-state index in [0.717, 1.165) is 32.3 Å². The van der Waals surface area contributed by atoms with Crippen molar-refractivity contribution in [2.75, 3.05) is 11.5 Å². The summed E-state index contributed by atoms with van der Waals surface area (Å²) in [6.07, 6.45) is 0. The summed E-state index contributed by atoms with van der Waals surface area (Å²) in [7, 11) is 0. The van der Waals surface area contributed by atoms with Gasteiger partial charge in [-0.1, -0.05) is 24.3 Å². The Kier molecular flexibility index (Phi) is 2.39. The predicted octanol–water partition coefficient (Wildman–Crippen LogP) is 3.72. The summed E-state index contributed by atoms with van der Waals surface area (Å²) in [5.41, 5.74) is 12.9. The molecule has 0 fully saturated rings. The van der Waals surface area contributed by atoms with Crippen molar-refractivity contribution >= 4 is 43.7 Å². The van der Waals surface area contributed by atoms with Crippen LogP contribution in [0.5, 0.6) is 11.5 Å². The molecule has 0 amide bonds. The van der Waals surface area contributed by atoms with Crippen molar-refractivity contribution < 1.29 is 10.2 Å². The molecule has 0 unspecified atom stereocenters. The van der Waals surface area contributed by atoms with Gasteiger partial charge in [-0.3, -0.25) is 0 Å². The van der Waals surface area contributed by atoms with Crippen LogP contribution in [0.25, 0.3) is 32.3 Å². The normalized spacial score (nSPS) is 11.5. The van der Waals surface area contributed by atoms with Gasteiger partial charge in [-0.05, 0) is 45.8 Å². The van der Waals surface area contributed by atoms with Crippen LogP contribution in [-0.2, 0) is 0 Å². The maximum atomic E-state index is 9.96. The van der Waals surface area contributed by atoms with Crippen LogP contribution < -0.4 is 11.5 Å². The maximum absolute atomic E-state index is 9.96. The molecule has 0 saturated heterocycles. The van der Waals surface area contributed by atoms with Crippen LogP contribution in [0, 0.1) is 0 Å². The third kappa shape index (κ3) is 1.46. The number of fused-ring (bicyclic) bond motifs is 6. The van der Waals surface area contributed by atoms with Gasteiger partial charge in [0, 0.05) is 10.8 Å². The zero-order valence-electron chi connectivity index (χ0n) is 11.7. The second-order valence-corrected chi connectivity index (χ2v) is 5.39. The van der Waals surface area contributed by atoms with Crippen molar-refractivity contribution in [1.29, 1.82) is 0 Å². The molecule has 0 aliphatic carbocycles. The van der Waals surface area contributed by atoms with E-state index in [2.05, 4.69) is 0 Å². The molecule has 0 saturated carbocycles. The fraction of sp³-hybridized carbons (Fsp3) is 0. The molecule has 4 heteroatoms. The summed E-state index contributed by atoms with van der Waals surface area (Å²) in [6.45, 7) is 0. The van der Waals surface area contributed by atoms with Crippen molar-refractivity contribution in [3.8, 4) is 11.5 Å². The number of aromatic hydroxyl groups is 2. The van der Waals surface area contributed by atoms with Gasteiger partial charge in [-0.15, -0.1) is 0 Å². The average Bonchev–Trinajstić information content (AvgIpc) is 2.53. The van der Waals surface area contributed by atoms with Crippen LogP contribution in [0.1, 0.15) is 0 Å². The highest BCUT2D eigenvalue weighted by Crippen LogP contribution is 2.44. The maximum Gasteiger partial charge on any atom is 0.139 e. The molecule has 6 N–H and O–H groups in total. The molecular formula is C18H14N2O2. The minimum Gasteiger partial charge on any atom is -0.506 e. The first-order valence-electron chi connectivity index (χ1n) is 6.92. The van der Waals surface area contributed by atoms with Crippen molar-refractivity contribution in [1.82, 2.24) is 0 Å². The molecule has 0 spiro atoms. The zero-order chi connectivity index (χ0) is 15.4. The van der Waals surface area contributed by atoms with Crippen molar-refractivity contribution in [2.45, 2.75) is 0 Å². The second kappa shape index (κ2) is 4.18. The first-order valence-corrected chi connectivity index (χ1v) is 6.92. The lowest BCUT2D eigenvalue weighted by Crippen LogP contribution is -1.94. The number of benzene rings is 4. The van der Waals surface area contributed by atoms with Gasteiger partial charge < -0.3 is 21.7 Å². The van der Waals surface area contributed by atoms with E-state index in [4.69, 9.17) is 11.5 Å². The van der Waals surface area contributed by atoms with Gasteiger partial charge in [0.25, 0.3) is 0 Å². The van der Waals surface area contributed by atoms with Crippen LogP contribution in [-0.4, -0.2) is 10.2 Å². The van der Waals surface area contributed by atoms with Crippen molar-refractivity contribution in [2.24, 2.45) is 0 Å². The monoisotopic (exact) mass is 290 g/mol. The lowest BCUT2D eigenvalue weighted by molar-refractivity contribution is 0.478. The molecule has 4 aromatic carbocycles. The van der Waals surface area contributed by atoms with Gasteiger partial charge in [-0.2, -0.15) is 0 Å². The Bertz CT molecular complexity index is 965. The molecule has 22 heavy (non-hydrogen) atoms. The van der Waals surface area contributed by atoms with Gasteiger partial charge in [-0.25, -0.2) is 0 Å². The minimum absolute atomic E-state index is 0.0590. The number of rotatable bonds is 0. The Labute approximate surface area is 126 Å². The van der Waals surface area contributed by atoms with E-state index in [1.807, 2.05) is 36.4 Å². The molecular weight excluding hydrogens is 276 g/mol. The largest absolute Gasteiger partial charge is 0.506 e. The van der Waals surface area contributed by atoms with Gasteiger partial charge in [0.15, 0.2) is 0 Å². The predicted molar refractivity (Wildman–Crippen MR) is 91.1 cm³/mol. The molecule has 0 aromatic heterocycles.